The van der Waals surface area contributed by atoms with Crippen LogP contribution in [-0.2, 0) is 13.1 Å². The molecule has 0 aliphatic carbocycles. The Balaban J connectivity index is 1.84. The van der Waals surface area contributed by atoms with Crippen molar-refractivity contribution < 1.29 is 4.74 Å². The average molecular weight is 234 g/mol. The average Bonchev–Trinajstić information content (AvgIpc) is 2.63. The van der Waals surface area contributed by atoms with E-state index in [0.29, 0.717) is 6.04 Å². The summed E-state index contributed by atoms with van der Waals surface area (Å²) in [4.78, 5) is 2.31. The van der Waals surface area contributed by atoms with E-state index in [4.69, 9.17) is 4.74 Å². The maximum absolute atomic E-state index is 5.74. The molecule has 17 heavy (non-hydrogen) atoms. The number of nitrogens with zero attached hydrogens (tertiary/aromatic N) is 1. The fraction of sp³-hybridized carbons (Fsp3) is 0.571. The summed E-state index contributed by atoms with van der Waals surface area (Å²) in [6, 6.07) is 6.96. The number of benzene rings is 1. The molecular formula is C14H22N2O. The molecule has 1 aliphatic rings. The lowest BCUT2D eigenvalue weighted by molar-refractivity contribution is 0.308. The molecule has 0 bridgehead atoms. The lowest BCUT2D eigenvalue weighted by Crippen LogP contribution is -2.27. The van der Waals surface area contributed by atoms with Crippen LogP contribution in [0.15, 0.2) is 18.2 Å². The van der Waals surface area contributed by atoms with Crippen LogP contribution in [0.3, 0.4) is 0 Å². The third kappa shape index (κ3) is 3.45. The molecule has 0 saturated heterocycles. The Hall–Kier alpha value is -1.06. The lowest BCUT2D eigenvalue weighted by Gasteiger charge is -2.10. The van der Waals surface area contributed by atoms with Gasteiger partial charge in [-0.15, -0.1) is 0 Å². The minimum absolute atomic E-state index is 0.521. The van der Waals surface area contributed by atoms with Crippen molar-refractivity contribution in [3.8, 4) is 5.75 Å². The first-order valence-corrected chi connectivity index (χ1v) is 6.31. The van der Waals surface area contributed by atoms with E-state index in [1.54, 1.807) is 0 Å². The van der Waals surface area contributed by atoms with E-state index in [9.17, 15) is 0 Å². The molecule has 3 nitrogen and oxygen atoms in total. The van der Waals surface area contributed by atoms with Crippen molar-refractivity contribution >= 4 is 0 Å². The standard InChI is InChI=1S/C14H22N2O/c1-11(2)15-6-7-17-14-5-4-12-9-16(3)10-13(12)8-14/h4-5,8,11,15H,6-7,9-10H2,1-3H3. The Morgan fingerprint density at radius 2 is 2.06 bits per heavy atom. The van der Waals surface area contributed by atoms with Crippen molar-refractivity contribution in [2.75, 3.05) is 20.2 Å². The number of hydrogen-bond acceptors (Lipinski definition) is 3. The SMILES string of the molecule is CC(C)NCCOc1ccc2c(c1)CN(C)C2. The number of fused-ring (bicyclic) bond motifs is 1. The van der Waals surface area contributed by atoms with Crippen LogP contribution >= 0.6 is 0 Å². The van der Waals surface area contributed by atoms with E-state index in [2.05, 4.69) is 49.3 Å². The van der Waals surface area contributed by atoms with Crippen molar-refractivity contribution in [1.82, 2.24) is 10.2 Å². The highest BCUT2D eigenvalue weighted by molar-refractivity contribution is 5.37. The molecule has 1 aromatic rings. The molecule has 0 radical (unpaired) electrons. The quantitative estimate of drug-likeness (QED) is 0.789. The second-order valence-electron chi connectivity index (χ2n) is 5.06. The van der Waals surface area contributed by atoms with Gasteiger partial charge in [0.1, 0.15) is 12.4 Å². The fourth-order valence-electron chi connectivity index (χ4n) is 2.15. The van der Waals surface area contributed by atoms with Gasteiger partial charge in [0.25, 0.3) is 0 Å². The summed E-state index contributed by atoms with van der Waals surface area (Å²) < 4.78 is 5.74. The highest BCUT2D eigenvalue weighted by atomic mass is 16.5. The van der Waals surface area contributed by atoms with Crippen molar-refractivity contribution in [2.45, 2.75) is 33.0 Å². The summed E-state index contributed by atoms with van der Waals surface area (Å²) in [6.45, 7) is 8.01. The Kier molecular flexibility index (Phi) is 4.02. The van der Waals surface area contributed by atoms with Gasteiger partial charge in [0, 0.05) is 25.7 Å². The van der Waals surface area contributed by atoms with Gasteiger partial charge in [0.05, 0.1) is 0 Å². The van der Waals surface area contributed by atoms with E-state index in [-0.39, 0.29) is 0 Å². The first kappa shape index (κ1) is 12.4. The van der Waals surface area contributed by atoms with E-state index in [0.717, 1.165) is 32.0 Å². The Morgan fingerprint density at radius 1 is 1.29 bits per heavy atom. The van der Waals surface area contributed by atoms with Crippen LogP contribution in [0.25, 0.3) is 0 Å². The predicted octanol–water partition coefficient (Wildman–Crippen LogP) is 2.01. The second kappa shape index (κ2) is 5.52. The van der Waals surface area contributed by atoms with Gasteiger partial charge in [0.15, 0.2) is 0 Å². The van der Waals surface area contributed by atoms with Crippen molar-refractivity contribution in [2.24, 2.45) is 0 Å². The van der Waals surface area contributed by atoms with Crippen LogP contribution in [0.4, 0.5) is 0 Å². The third-order valence-electron chi connectivity index (χ3n) is 2.98. The van der Waals surface area contributed by atoms with Gasteiger partial charge in [-0.05, 0) is 30.3 Å². The molecule has 1 aliphatic heterocycles. The summed E-state index contributed by atoms with van der Waals surface area (Å²) in [5.41, 5.74) is 2.84. The molecule has 0 spiro atoms. The topological polar surface area (TPSA) is 24.5 Å². The van der Waals surface area contributed by atoms with Gasteiger partial charge < -0.3 is 10.1 Å². The lowest BCUT2D eigenvalue weighted by atomic mass is 10.1. The third-order valence-corrected chi connectivity index (χ3v) is 2.98. The normalized spacial score (nSPS) is 15.3. The summed E-state index contributed by atoms with van der Waals surface area (Å²) in [7, 11) is 2.15. The van der Waals surface area contributed by atoms with Crippen LogP contribution in [0.2, 0.25) is 0 Å². The van der Waals surface area contributed by atoms with Gasteiger partial charge in [-0.2, -0.15) is 0 Å². The molecule has 1 heterocycles. The minimum Gasteiger partial charge on any atom is -0.492 e. The van der Waals surface area contributed by atoms with E-state index in [1.165, 1.54) is 11.1 Å². The number of nitrogens with one attached hydrogen (secondary N) is 1. The highest BCUT2D eigenvalue weighted by Gasteiger charge is 2.15. The van der Waals surface area contributed by atoms with Crippen LogP contribution in [0.1, 0.15) is 25.0 Å². The number of hydrogen-bond donors (Lipinski definition) is 1. The largest absolute Gasteiger partial charge is 0.492 e. The van der Waals surface area contributed by atoms with Crippen LogP contribution in [-0.4, -0.2) is 31.1 Å². The van der Waals surface area contributed by atoms with Crippen LogP contribution in [0, 0.1) is 0 Å². The number of ether oxygens (including phenoxy) is 1. The molecule has 0 amide bonds. The summed E-state index contributed by atoms with van der Waals surface area (Å²) in [5, 5.41) is 3.34. The zero-order valence-electron chi connectivity index (χ0n) is 11.0. The van der Waals surface area contributed by atoms with Gasteiger partial charge in [-0.3, -0.25) is 4.90 Å². The monoisotopic (exact) mass is 234 g/mol. The zero-order valence-corrected chi connectivity index (χ0v) is 11.0. The Labute approximate surface area is 104 Å². The maximum atomic E-state index is 5.74. The smallest absolute Gasteiger partial charge is 0.119 e. The zero-order chi connectivity index (χ0) is 12.3. The molecule has 0 unspecified atom stereocenters. The van der Waals surface area contributed by atoms with Crippen molar-refractivity contribution in [1.29, 1.82) is 0 Å². The molecule has 0 saturated carbocycles. The molecule has 1 N–H and O–H groups in total. The van der Waals surface area contributed by atoms with Crippen molar-refractivity contribution in [3.63, 3.8) is 0 Å². The fourth-order valence-corrected chi connectivity index (χ4v) is 2.15. The number of rotatable bonds is 5. The van der Waals surface area contributed by atoms with E-state index in [1.807, 2.05) is 0 Å². The summed E-state index contributed by atoms with van der Waals surface area (Å²) >= 11 is 0. The molecule has 0 aromatic heterocycles. The highest BCUT2D eigenvalue weighted by Crippen LogP contribution is 2.25. The molecule has 2 rings (SSSR count). The van der Waals surface area contributed by atoms with E-state index >= 15 is 0 Å². The van der Waals surface area contributed by atoms with Crippen LogP contribution in [0.5, 0.6) is 5.75 Å². The molecule has 1 aromatic carbocycles. The predicted molar refractivity (Wildman–Crippen MR) is 70.2 cm³/mol. The molecule has 3 heteroatoms. The van der Waals surface area contributed by atoms with E-state index < -0.39 is 0 Å². The first-order valence-electron chi connectivity index (χ1n) is 6.31. The van der Waals surface area contributed by atoms with Gasteiger partial charge >= 0.3 is 0 Å². The summed E-state index contributed by atoms with van der Waals surface area (Å²) in [6.07, 6.45) is 0. The second-order valence-corrected chi connectivity index (χ2v) is 5.06. The van der Waals surface area contributed by atoms with Gasteiger partial charge in [-0.25, -0.2) is 0 Å². The van der Waals surface area contributed by atoms with Crippen molar-refractivity contribution in [3.05, 3.63) is 29.3 Å². The minimum atomic E-state index is 0.521. The Morgan fingerprint density at radius 3 is 2.82 bits per heavy atom. The molecule has 0 atom stereocenters. The molecule has 0 fully saturated rings. The van der Waals surface area contributed by atoms with Gasteiger partial charge in [-0.1, -0.05) is 19.9 Å². The Bertz CT molecular complexity index is 376. The summed E-state index contributed by atoms with van der Waals surface area (Å²) in [5.74, 6) is 0.990. The molecule has 94 valence electrons. The molecular weight excluding hydrogens is 212 g/mol. The van der Waals surface area contributed by atoms with Crippen LogP contribution < -0.4 is 10.1 Å². The first-order chi connectivity index (χ1) is 8.15. The maximum Gasteiger partial charge on any atom is 0.119 e. The van der Waals surface area contributed by atoms with Gasteiger partial charge in [0.2, 0.25) is 0 Å².